The second-order valence-electron chi connectivity index (χ2n) is 15.0. The third kappa shape index (κ3) is 7.61. The fraction of sp³-hybridized carbons (Fsp3) is 0.391. The lowest BCUT2D eigenvalue weighted by atomic mass is 9.77. The fourth-order valence-electron chi connectivity index (χ4n) is 8.82. The summed E-state index contributed by atoms with van der Waals surface area (Å²) in [7, 11) is 0. The van der Waals surface area contributed by atoms with E-state index in [0.29, 0.717) is 34.1 Å². The van der Waals surface area contributed by atoms with Crippen LogP contribution in [0.25, 0.3) is 43.1 Å². The van der Waals surface area contributed by atoms with Crippen molar-refractivity contribution >= 4 is 11.3 Å². The van der Waals surface area contributed by atoms with Crippen LogP contribution in [0.4, 0.5) is 17.6 Å². The highest BCUT2D eigenvalue weighted by Crippen LogP contribution is 2.43. The molecule has 0 unspecified atom stereocenters. The van der Waals surface area contributed by atoms with Gasteiger partial charge in [0.1, 0.15) is 0 Å². The summed E-state index contributed by atoms with van der Waals surface area (Å²) >= 11 is 1.63. The number of rotatable bonds is 10. The standard InChI is InChI=1S/C46H48F4S/c1-3-5-29-7-11-31(12-8-29)37-23-25-39(45(49)43(37)47)33-15-19-35(20-16-33)41-27-28-42(51-41)36-21-17-34(18-22-36)40-26-24-38(44(48)46(40)50)32-13-9-30(6-4-2)10-14-32/h15-32H,3-14H2,1-2H3. The van der Waals surface area contributed by atoms with Gasteiger partial charge < -0.3 is 0 Å². The minimum absolute atomic E-state index is 0.0914. The van der Waals surface area contributed by atoms with Crippen LogP contribution in [0.5, 0.6) is 0 Å². The molecule has 4 aromatic carbocycles. The van der Waals surface area contributed by atoms with Gasteiger partial charge in [-0.15, -0.1) is 11.3 Å². The van der Waals surface area contributed by atoms with Gasteiger partial charge in [-0.25, -0.2) is 17.6 Å². The van der Waals surface area contributed by atoms with Gasteiger partial charge in [-0.2, -0.15) is 0 Å². The SMILES string of the molecule is CCCC1CCC(c2ccc(-c3ccc(-c4ccc(-c5ccc(-c6ccc(C7CCC(CCC)CC7)c(F)c6F)cc5)s4)cc3)c(F)c2F)CC1. The van der Waals surface area contributed by atoms with Crippen molar-refractivity contribution in [1.82, 2.24) is 0 Å². The molecule has 0 amide bonds. The first-order valence-electron chi connectivity index (χ1n) is 19.1. The smallest absolute Gasteiger partial charge is 0.166 e. The largest absolute Gasteiger partial charge is 0.203 e. The highest BCUT2D eigenvalue weighted by atomic mass is 32.1. The Morgan fingerprint density at radius 3 is 1.14 bits per heavy atom. The van der Waals surface area contributed by atoms with E-state index in [1.165, 1.54) is 25.7 Å². The summed E-state index contributed by atoms with van der Waals surface area (Å²) in [4.78, 5) is 2.10. The van der Waals surface area contributed by atoms with E-state index in [-0.39, 0.29) is 23.0 Å². The van der Waals surface area contributed by atoms with Crippen molar-refractivity contribution in [3.63, 3.8) is 0 Å². The molecule has 266 valence electrons. The molecule has 0 radical (unpaired) electrons. The molecule has 1 heterocycles. The summed E-state index contributed by atoms with van der Waals surface area (Å²) in [5, 5.41) is 0. The molecule has 1 aromatic heterocycles. The molecular weight excluding hydrogens is 661 g/mol. The van der Waals surface area contributed by atoms with Crippen LogP contribution >= 0.6 is 11.3 Å². The minimum Gasteiger partial charge on any atom is -0.203 e. The number of thiophene rings is 1. The zero-order chi connectivity index (χ0) is 35.5. The molecule has 7 rings (SSSR count). The third-order valence-electron chi connectivity index (χ3n) is 11.8. The van der Waals surface area contributed by atoms with Crippen molar-refractivity contribution in [2.75, 3.05) is 0 Å². The highest BCUT2D eigenvalue weighted by molar-refractivity contribution is 7.18. The monoisotopic (exact) mass is 708 g/mol. The lowest BCUT2D eigenvalue weighted by molar-refractivity contribution is 0.303. The first kappa shape index (κ1) is 35.7. The number of hydrogen-bond acceptors (Lipinski definition) is 1. The average molecular weight is 709 g/mol. The molecule has 0 nitrogen and oxygen atoms in total. The van der Waals surface area contributed by atoms with Crippen LogP contribution in [0, 0.1) is 35.1 Å². The Labute approximate surface area is 305 Å². The summed E-state index contributed by atoms with van der Waals surface area (Å²) in [6.07, 6.45) is 12.9. The van der Waals surface area contributed by atoms with Gasteiger partial charge >= 0.3 is 0 Å². The highest BCUT2D eigenvalue weighted by Gasteiger charge is 2.28. The first-order valence-corrected chi connectivity index (χ1v) is 19.9. The summed E-state index contributed by atoms with van der Waals surface area (Å²) < 4.78 is 61.5. The number of benzene rings is 4. The molecule has 2 saturated carbocycles. The van der Waals surface area contributed by atoms with Gasteiger partial charge in [0.15, 0.2) is 23.3 Å². The van der Waals surface area contributed by atoms with Crippen molar-refractivity contribution in [1.29, 1.82) is 0 Å². The van der Waals surface area contributed by atoms with Crippen LogP contribution in [0.2, 0.25) is 0 Å². The van der Waals surface area contributed by atoms with Gasteiger partial charge in [0.2, 0.25) is 0 Å². The first-order chi connectivity index (χ1) is 24.8. The van der Waals surface area contributed by atoms with Gasteiger partial charge in [0, 0.05) is 20.9 Å². The maximum Gasteiger partial charge on any atom is 0.166 e. The van der Waals surface area contributed by atoms with E-state index in [2.05, 4.69) is 26.0 Å². The predicted octanol–water partition coefficient (Wildman–Crippen LogP) is 15.1. The molecule has 0 saturated heterocycles. The maximum atomic E-state index is 15.4. The second kappa shape index (κ2) is 15.9. The Hall–Kier alpha value is -3.70. The summed E-state index contributed by atoms with van der Waals surface area (Å²) in [5.41, 5.74) is 4.90. The van der Waals surface area contributed by atoms with E-state index in [0.717, 1.165) is 72.2 Å². The lowest BCUT2D eigenvalue weighted by Gasteiger charge is -2.29. The van der Waals surface area contributed by atoms with Crippen molar-refractivity contribution in [3.8, 4) is 43.1 Å². The molecule has 2 aliphatic carbocycles. The molecule has 5 heteroatoms. The molecular formula is C46H48F4S. The second-order valence-corrected chi connectivity index (χ2v) is 16.1. The summed E-state index contributed by atoms with van der Waals surface area (Å²) in [6, 6.07) is 26.4. The van der Waals surface area contributed by atoms with E-state index in [9.17, 15) is 0 Å². The molecule has 2 fully saturated rings. The zero-order valence-electron chi connectivity index (χ0n) is 29.8. The minimum atomic E-state index is -0.763. The van der Waals surface area contributed by atoms with Gasteiger partial charge in [-0.3, -0.25) is 0 Å². The van der Waals surface area contributed by atoms with Crippen LogP contribution in [0.3, 0.4) is 0 Å². The molecule has 0 N–H and O–H groups in total. The summed E-state index contributed by atoms with van der Waals surface area (Å²) in [5.74, 6) is -1.31. The van der Waals surface area contributed by atoms with Crippen molar-refractivity contribution in [2.24, 2.45) is 11.8 Å². The van der Waals surface area contributed by atoms with Crippen molar-refractivity contribution in [3.05, 3.63) is 119 Å². The predicted molar refractivity (Wildman–Crippen MR) is 205 cm³/mol. The Morgan fingerprint density at radius 2 is 0.784 bits per heavy atom. The van der Waals surface area contributed by atoms with Gasteiger partial charge in [-0.05, 0) is 121 Å². The topological polar surface area (TPSA) is 0 Å². The molecule has 0 spiro atoms. The third-order valence-corrected chi connectivity index (χ3v) is 12.9. The molecule has 5 aromatic rings. The van der Waals surface area contributed by atoms with E-state index in [4.69, 9.17) is 0 Å². The Balaban J connectivity index is 1.02. The van der Waals surface area contributed by atoms with Gasteiger partial charge in [0.05, 0.1) is 0 Å². The van der Waals surface area contributed by atoms with Crippen LogP contribution in [-0.2, 0) is 0 Å². The molecule has 0 bridgehead atoms. The van der Waals surface area contributed by atoms with Crippen molar-refractivity contribution < 1.29 is 17.6 Å². The van der Waals surface area contributed by atoms with E-state index in [1.807, 2.05) is 48.5 Å². The van der Waals surface area contributed by atoms with E-state index >= 15 is 17.6 Å². The maximum absolute atomic E-state index is 15.4. The fourth-order valence-corrected chi connectivity index (χ4v) is 9.84. The molecule has 51 heavy (non-hydrogen) atoms. The molecule has 2 aliphatic rings. The van der Waals surface area contributed by atoms with Crippen LogP contribution in [0.15, 0.2) is 84.9 Å². The van der Waals surface area contributed by atoms with Crippen LogP contribution < -0.4 is 0 Å². The number of hydrogen-bond donors (Lipinski definition) is 0. The van der Waals surface area contributed by atoms with Gasteiger partial charge in [0.25, 0.3) is 0 Å². The molecule has 0 aliphatic heterocycles. The Morgan fingerprint density at radius 1 is 0.431 bits per heavy atom. The normalized spacial score (nSPS) is 20.8. The van der Waals surface area contributed by atoms with Crippen LogP contribution in [0.1, 0.15) is 114 Å². The number of halogens is 4. The zero-order valence-corrected chi connectivity index (χ0v) is 30.6. The average Bonchev–Trinajstić information content (AvgIpc) is 3.66. The van der Waals surface area contributed by atoms with E-state index in [1.54, 1.807) is 35.6 Å². The Bertz CT molecular complexity index is 1780. The Kier molecular flexibility index (Phi) is 11.1. The van der Waals surface area contributed by atoms with Gasteiger partial charge in [-0.1, -0.05) is 112 Å². The molecule has 0 atom stereocenters. The lowest BCUT2D eigenvalue weighted by Crippen LogP contribution is -2.14. The summed E-state index contributed by atoms with van der Waals surface area (Å²) in [6.45, 7) is 4.41. The van der Waals surface area contributed by atoms with Crippen LogP contribution in [-0.4, -0.2) is 0 Å². The van der Waals surface area contributed by atoms with E-state index < -0.39 is 23.3 Å². The van der Waals surface area contributed by atoms with Crippen molar-refractivity contribution in [2.45, 2.75) is 103 Å². The quantitative estimate of drug-likeness (QED) is 0.127.